The maximum Gasteiger partial charge on any atom is 0.435 e. The monoisotopic (exact) mass is 475 g/mol. The van der Waals surface area contributed by atoms with E-state index in [2.05, 4.69) is 10.4 Å². The van der Waals surface area contributed by atoms with Crippen molar-refractivity contribution in [1.29, 1.82) is 0 Å². The van der Waals surface area contributed by atoms with Gasteiger partial charge < -0.3 is 10.1 Å². The minimum atomic E-state index is -4.63. The molecule has 1 N–H and O–H groups in total. The van der Waals surface area contributed by atoms with Gasteiger partial charge in [0, 0.05) is 29.4 Å². The molecule has 0 unspecified atom stereocenters. The van der Waals surface area contributed by atoms with E-state index in [4.69, 9.17) is 4.74 Å². The Morgan fingerprint density at radius 1 is 1.03 bits per heavy atom. The first-order chi connectivity index (χ1) is 16.1. The van der Waals surface area contributed by atoms with Crippen molar-refractivity contribution in [1.82, 2.24) is 9.78 Å². The molecule has 0 aliphatic carbocycles. The van der Waals surface area contributed by atoms with E-state index in [1.165, 1.54) is 37.4 Å². The minimum Gasteiger partial charge on any atom is -0.365 e. The molecular formula is C24H18F5N3O2. The summed E-state index contributed by atoms with van der Waals surface area (Å²) in [6.45, 7) is 0. The number of nitrogens with one attached hydrogen (secondary N) is 1. The Kier molecular flexibility index (Phi) is 5.27. The predicted octanol–water partition coefficient (Wildman–Crippen LogP) is 5.34. The highest BCUT2D eigenvalue weighted by molar-refractivity contribution is 6.11. The Morgan fingerprint density at radius 2 is 1.74 bits per heavy atom. The first kappa shape index (κ1) is 22.3. The highest BCUT2D eigenvalue weighted by Crippen LogP contribution is 2.45. The number of nitrogens with zero attached hydrogens (tertiary/aromatic N) is 2. The second-order valence-corrected chi connectivity index (χ2v) is 8.18. The largest absolute Gasteiger partial charge is 0.435 e. The zero-order chi connectivity index (χ0) is 24.2. The number of fused-ring (bicyclic) bond motifs is 2. The summed E-state index contributed by atoms with van der Waals surface area (Å²) in [5.41, 5.74) is -0.126. The van der Waals surface area contributed by atoms with Crippen molar-refractivity contribution in [3.05, 3.63) is 77.1 Å². The van der Waals surface area contributed by atoms with Crippen LogP contribution in [0, 0.1) is 11.6 Å². The molecule has 5 rings (SSSR count). The summed E-state index contributed by atoms with van der Waals surface area (Å²) < 4.78 is 75.1. The lowest BCUT2D eigenvalue weighted by Gasteiger charge is -2.17. The number of aromatic nitrogens is 2. The Bertz CT molecular complexity index is 1330. The summed E-state index contributed by atoms with van der Waals surface area (Å²) in [5.74, 6) is -1.92. The van der Waals surface area contributed by atoms with Crippen LogP contribution in [0.4, 0.5) is 27.6 Å². The molecule has 1 saturated heterocycles. The van der Waals surface area contributed by atoms with Crippen LogP contribution >= 0.6 is 0 Å². The third kappa shape index (κ3) is 3.77. The van der Waals surface area contributed by atoms with Gasteiger partial charge in [-0.05, 0) is 43.2 Å². The second-order valence-electron chi connectivity index (χ2n) is 8.18. The van der Waals surface area contributed by atoms with Gasteiger partial charge >= 0.3 is 6.18 Å². The SMILES string of the molecule is Cn1nc(C(F)(F)F)cc1C1=C(C(=O)Nc2ccc(-c3ccccc3F)c(F)c2)[C@@H]2CC[C@@H]1O2. The number of carbonyl (C=O) groups excluding carboxylic acids is 1. The number of benzene rings is 2. The van der Waals surface area contributed by atoms with E-state index in [0.29, 0.717) is 18.4 Å². The molecule has 2 aliphatic rings. The van der Waals surface area contributed by atoms with E-state index in [-0.39, 0.29) is 28.1 Å². The average molecular weight is 475 g/mol. The lowest BCUT2D eigenvalue weighted by Crippen LogP contribution is -2.23. The maximum absolute atomic E-state index is 14.7. The molecular weight excluding hydrogens is 457 g/mol. The first-order valence-corrected chi connectivity index (χ1v) is 10.5. The molecule has 1 fully saturated rings. The molecule has 10 heteroatoms. The predicted molar refractivity (Wildman–Crippen MR) is 113 cm³/mol. The zero-order valence-corrected chi connectivity index (χ0v) is 17.8. The standard InChI is InChI=1S/C24H18F5N3O2/c1-32-17(11-20(31-32)24(27,28)29)21-18-8-9-19(34-18)22(21)23(33)30-12-6-7-14(16(26)10-12)13-4-2-3-5-15(13)25/h2-7,10-11,18-19H,8-9H2,1H3,(H,30,33)/t18-,19-/m0/s1. The number of carbonyl (C=O) groups is 1. The van der Waals surface area contributed by atoms with Crippen LogP contribution in [0.1, 0.15) is 24.2 Å². The van der Waals surface area contributed by atoms with Gasteiger partial charge in [0.15, 0.2) is 5.69 Å². The number of alkyl halides is 3. The van der Waals surface area contributed by atoms with Gasteiger partial charge in [-0.1, -0.05) is 18.2 Å². The van der Waals surface area contributed by atoms with Gasteiger partial charge in [-0.3, -0.25) is 9.48 Å². The fourth-order valence-corrected chi connectivity index (χ4v) is 4.53. The Balaban J connectivity index is 1.47. The van der Waals surface area contributed by atoms with Gasteiger partial charge in [-0.15, -0.1) is 0 Å². The molecule has 0 spiro atoms. The van der Waals surface area contributed by atoms with Gasteiger partial charge in [0.25, 0.3) is 5.91 Å². The Hall–Kier alpha value is -3.53. The van der Waals surface area contributed by atoms with E-state index in [1.807, 2.05) is 0 Å². The van der Waals surface area contributed by atoms with Crippen molar-refractivity contribution in [2.75, 3.05) is 5.32 Å². The first-order valence-electron chi connectivity index (χ1n) is 10.5. The van der Waals surface area contributed by atoms with E-state index < -0.39 is 41.6 Å². The number of amides is 1. The number of anilines is 1. The Labute approximate surface area is 190 Å². The van der Waals surface area contributed by atoms with E-state index in [9.17, 15) is 26.7 Å². The summed E-state index contributed by atoms with van der Waals surface area (Å²) in [5, 5.41) is 6.13. The van der Waals surface area contributed by atoms with Crippen LogP contribution in [0.2, 0.25) is 0 Å². The fourth-order valence-electron chi connectivity index (χ4n) is 4.53. The summed E-state index contributed by atoms with van der Waals surface area (Å²) in [6, 6.07) is 10.5. The molecule has 2 aromatic carbocycles. The van der Waals surface area contributed by atoms with Crippen molar-refractivity contribution in [2.45, 2.75) is 31.2 Å². The van der Waals surface area contributed by atoms with Crippen molar-refractivity contribution in [2.24, 2.45) is 7.05 Å². The molecule has 0 saturated carbocycles. The van der Waals surface area contributed by atoms with E-state index >= 15 is 0 Å². The summed E-state index contributed by atoms with van der Waals surface area (Å²) in [7, 11) is 1.37. The van der Waals surface area contributed by atoms with Gasteiger partial charge in [0.2, 0.25) is 0 Å². The van der Waals surface area contributed by atoms with Crippen LogP contribution in [0.5, 0.6) is 0 Å². The van der Waals surface area contributed by atoms with Gasteiger partial charge in [0.05, 0.1) is 23.5 Å². The van der Waals surface area contributed by atoms with Gasteiger partial charge in [0.1, 0.15) is 11.6 Å². The molecule has 5 nitrogen and oxygen atoms in total. The van der Waals surface area contributed by atoms with Crippen LogP contribution in [-0.4, -0.2) is 27.9 Å². The number of ether oxygens (including phenoxy) is 1. The molecule has 2 aliphatic heterocycles. The average Bonchev–Trinajstić information content (AvgIpc) is 3.48. The lowest BCUT2D eigenvalue weighted by molar-refractivity contribution is -0.141. The van der Waals surface area contributed by atoms with Gasteiger partial charge in [-0.25, -0.2) is 8.78 Å². The molecule has 34 heavy (non-hydrogen) atoms. The molecule has 2 atom stereocenters. The van der Waals surface area contributed by atoms with Crippen LogP contribution in [0.15, 0.2) is 54.1 Å². The smallest absolute Gasteiger partial charge is 0.365 e. The van der Waals surface area contributed by atoms with Crippen LogP contribution in [0.25, 0.3) is 16.7 Å². The highest BCUT2D eigenvalue weighted by atomic mass is 19.4. The molecule has 2 bridgehead atoms. The highest BCUT2D eigenvalue weighted by Gasteiger charge is 2.45. The van der Waals surface area contributed by atoms with Crippen molar-refractivity contribution < 1.29 is 31.5 Å². The summed E-state index contributed by atoms with van der Waals surface area (Å²) >= 11 is 0. The Morgan fingerprint density at radius 3 is 2.41 bits per heavy atom. The number of rotatable bonds is 4. The van der Waals surface area contributed by atoms with E-state index in [0.717, 1.165) is 16.8 Å². The third-order valence-corrected chi connectivity index (χ3v) is 6.04. The molecule has 0 radical (unpaired) electrons. The molecule has 176 valence electrons. The van der Waals surface area contributed by atoms with Crippen molar-refractivity contribution in [3.8, 4) is 11.1 Å². The fraction of sp³-hybridized carbons (Fsp3) is 0.250. The third-order valence-electron chi connectivity index (χ3n) is 6.04. The lowest BCUT2D eigenvalue weighted by atomic mass is 9.89. The number of hydrogen-bond acceptors (Lipinski definition) is 3. The van der Waals surface area contributed by atoms with E-state index in [1.54, 1.807) is 6.07 Å². The number of hydrogen-bond donors (Lipinski definition) is 1. The van der Waals surface area contributed by atoms with Crippen LogP contribution < -0.4 is 5.32 Å². The van der Waals surface area contributed by atoms with Crippen LogP contribution in [-0.2, 0) is 22.8 Å². The van der Waals surface area contributed by atoms with Crippen LogP contribution in [0.3, 0.4) is 0 Å². The van der Waals surface area contributed by atoms with Crippen molar-refractivity contribution in [3.63, 3.8) is 0 Å². The summed E-state index contributed by atoms with van der Waals surface area (Å²) in [4.78, 5) is 13.1. The maximum atomic E-state index is 14.7. The topological polar surface area (TPSA) is 56.2 Å². The van der Waals surface area contributed by atoms with Crippen molar-refractivity contribution >= 4 is 17.2 Å². The number of halogens is 5. The normalized spacial score (nSPS) is 19.7. The van der Waals surface area contributed by atoms with Gasteiger partial charge in [-0.2, -0.15) is 18.3 Å². The zero-order valence-electron chi connectivity index (χ0n) is 17.8. The summed E-state index contributed by atoms with van der Waals surface area (Å²) in [6.07, 6.45) is -4.62. The minimum absolute atomic E-state index is 0.0359. The quantitative estimate of drug-likeness (QED) is 0.519. The molecule has 1 aromatic heterocycles. The molecule has 3 heterocycles. The molecule has 1 amide bonds. The number of aryl methyl sites for hydroxylation is 1. The second kappa shape index (κ2) is 8.05. The molecule has 3 aromatic rings.